The first-order chi connectivity index (χ1) is 9.90. The molecule has 2 aromatic heterocycles. The molecule has 20 heavy (non-hydrogen) atoms. The summed E-state index contributed by atoms with van der Waals surface area (Å²) in [6.45, 7) is 2.70. The van der Waals surface area contributed by atoms with E-state index in [4.69, 9.17) is 4.74 Å². The van der Waals surface area contributed by atoms with Crippen LogP contribution < -0.4 is 5.32 Å². The van der Waals surface area contributed by atoms with E-state index >= 15 is 0 Å². The van der Waals surface area contributed by atoms with Gasteiger partial charge >= 0.3 is 0 Å². The number of aromatic nitrogens is 4. The minimum atomic E-state index is 0.297. The summed E-state index contributed by atoms with van der Waals surface area (Å²) in [6, 6.07) is 0. The predicted octanol–water partition coefficient (Wildman–Crippen LogP) is 1.83. The monoisotopic (exact) mass is 273 g/mol. The lowest BCUT2D eigenvalue weighted by Crippen LogP contribution is -2.14. The summed E-state index contributed by atoms with van der Waals surface area (Å²) in [7, 11) is 0. The predicted molar refractivity (Wildman–Crippen MR) is 75.5 cm³/mol. The third kappa shape index (κ3) is 2.35. The van der Waals surface area contributed by atoms with Gasteiger partial charge in [0.15, 0.2) is 11.5 Å². The van der Waals surface area contributed by atoms with Gasteiger partial charge in [-0.15, -0.1) is 0 Å². The molecule has 0 amide bonds. The van der Waals surface area contributed by atoms with Crippen molar-refractivity contribution in [1.82, 2.24) is 19.5 Å². The first-order valence-electron chi connectivity index (χ1n) is 7.41. The Morgan fingerprint density at radius 2 is 2.20 bits per heavy atom. The normalized spacial score (nSPS) is 22.5. The van der Waals surface area contributed by atoms with Crippen molar-refractivity contribution in [3.63, 3.8) is 0 Å². The minimum absolute atomic E-state index is 0.297. The molecule has 4 rings (SSSR count). The molecule has 1 unspecified atom stereocenters. The van der Waals surface area contributed by atoms with Crippen molar-refractivity contribution in [2.24, 2.45) is 5.92 Å². The summed E-state index contributed by atoms with van der Waals surface area (Å²) >= 11 is 0. The van der Waals surface area contributed by atoms with Crippen LogP contribution >= 0.6 is 0 Å². The third-order valence-corrected chi connectivity index (χ3v) is 4.08. The Hall–Kier alpha value is -1.69. The first-order valence-corrected chi connectivity index (χ1v) is 7.41. The van der Waals surface area contributed by atoms with Crippen LogP contribution in [0.3, 0.4) is 0 Å². The lowest BCUT2D eigenvalue weighted by atomic mass is 10.2. The van der Waals surface area contributed by atoms with Crippen LogP contribution in [0.5, 0.6) is 0 Å². The molecule has 0 bridgehead atoms. The molecule has 0 radical (unpaired) electrons. The van der Waals surface area contributed by atoms with E-state index in [0.29, 0.717) is 6.10 Å². The standard InChI is InChI=1S/C14H19N5O/c1-2-11(20-5-1)7-19-9-18-12-13(15-6-10-3-4-10)16-8-17-14(12)19/h8-11H,1-7H2,(H,15,16,17). The molecule has 6 nitrogen and oxygen atoms in total. The summed E-state index contributed by atoms with van der Waals surface area (Å²) in [5, 5.41) is 3.40. The Morgan fingerprint density at radius 3 is 3.00 bits per heavy atom. The summed E-state index contributed by atoms with van der Waals surface area (Å²) < 4.78 is 7.76. The largest absolute Gasteiger partial charge is 0.376 e. The maximum absolute atomic E-state index is 5.69. The second kappa shape index (κ2) is 5.01. The molecule has 2 fully saturated rings. The van der Waals surface area contributed by atoms with Gasteiger partial charge in [0, 0.05) is 13.2 Å². The molecule has 0 spiro atoms. The van der Waals surface area contributed by atoms with Crippen LogP contribution in [0.1, 0.15) is 25.7 Å². The van der Waals surface area contributed by atoms with Crippen molar-refractivity contribution in [3.8, 4) is 0 Å². The molecule has 1 aliphatic heterocycles. The molecule has 1 atom stereocenters. The number of hydrogen-bond acceptors (Lipinski definition) is 5. The highest BCUT2D eigenvalue weighted by atomic mass is 16.5. The molecule has 1 saturated heterocycles. The molecule has 3 heterocycles. The van der Waals surface area contributed by atoms with Gasteiger partial charge in [-0.1, -0.05) is 0 Å². The smallest absolute Gasteiger partial charge is 0.165 e. The summed E-state index contributed by atoms with van der Waals surface area (Å²) in [4.78, 5) is 13.2. The number of rotatable bonds is 5. The molecule has 2 aliphatic rings. The Balaban J connectivity index is 1.57. The minimum Gasteiger partial charge on any atom is -0.376 e. The van der Waals surface area contributed by atoms with Gasteiger partial charge in [-0.05, 0) is 31.6 Å². The topological polar surface area (TPSA) is 64.9 Å². The number of ether oxygens (including phenoxy) is 1. The molecule has 0 aromatic carbocycles. The Labute approximate surface area is 117 Å². The number of anilines is 1. The average Bonchev–Trinajstić information content (AvgIpc) is 2.99. The molecule has 106 valence electrons. The molecule has 6 heteroatoms. The van der Waals surface area contributed by atoms with Gasteiger partial charge in [0.25, 0.3) is 0 Å². The van der Waals surface area contributed by atoms with E-state index in [2.05, 4.69) is 24.8 Å². The van der Waals surface area contributed by atoms with Crippen molar-refractivity contribution in [2.75, 3.05) is 18.5 Å². The molecular weight excluding hydrogens is 254 g/mol. The number of nitrogens with zero attached hydrogens (tertiary/aromatic N) is 4. The van der Waals surface area contributed by atoms with Crippen molar-refractivity contribution in [2.45, 2.75) is 38.3 Å². The second-order valence-corrected chi connectivity index (χ2v) is 5.75. The van der Waals surface area contributed by atoms with Crippen molar-refractivity contribution < 1.29 is 4.74 Å². The molecule has 1 aliphatic carbocycles. The zero-order valence-electron chi connectivity index (χ0n) is 11.5. The molecule has 1 saturated carbocycles. The van der Waals surface area contributed by atoms with E-state index in [1.54, 1.807) is 6.33 Å². The van der Waals surface area contributed by atoms with Crippen molar-refractivity contribution >= 4 is 17.0 Å². The Bertz CT molecular complexity index is 601. The van der Waals surface area contributed by atoms with E-state index in [0.717, 1.165) is 55.4 Å². The lowest BCUT2D eigenvalue weighted by Gasteiger charge is -2.10. The Kier molecular flexibility index (Phi) is 3.03. The van der Waals surface area contributed by atoms with Crippen LogP contribution in [0.25, 0.3) is 11.2 Å². The number of fused-ring (bicyclic) bond motifs is 1. The van der Waals surface area contributed by atoms with Crippen LogP contribution in [0, 0.1) is 5.92 Å². The summed E-state index contributed by atoms with van der Waals surface area (Å²) in [5.41, 5.74) is 1.76. The van der Waals surface area contributed by atoms with Gasteiger partial charge in [-0.25, -0.2) is 15.0 Å². The van der Waals surface area contributed by atoms with E-state index in [1.807, 2.05) is 6.33 Å². The fourth-order valence-electron chi connectivity index (χ4n) is 2.71. The zero-order valence-corrected chi connectivity index (χ0v) is 11.5. The molecule has 1 N–H and O–H groups in total. The van der Waals surface area contributed by atoms with Crippen molar-refractivity contribution in [3.05, 3.63) is 12.7 Å². The van der Waals surface area contributed by atoms with Gasteiger partial charge in [-0.3, -0.25) is 0 Å². The maximum Gasteiger partial charge on any atom is 0.165 e. The van der Waals surface area contributed by atoms with Gasteiger partial charge in [-0.2, -0.15) is 0 Å². The van der Waals surface area contributed by atoms with E-state index in [-0.39, 0.29) is 0 Å². The average molecular weight is 273 g/mol. The van der Waals surface area contributed by atoms with Crippen molar-refractivity contribution in [1.29, 1.82) is 0 Å². The van der Waals surface area contributed by atoms with Crippen LogP contribution in [-0.2, 0) is 11.3 Å². The second-order valence-electron chi connectivity index (χ2n) is 5.75. The van der Waals surface area contributed by atoms with Crippen LogP contribution in [-0.4, -0.2) is 38.8 Å². The highest BCUT2D eigenvalue weighted by Crippen LogP contribution is 2.29. The van der Waals surface area contributed by atoms with Gasteiger partial charge in [0.2, 0.25) is 0 Å². The number of nitrogens with one attached hydrogen (secondary N) is 1. The molecular formula is C14H19N5O. The van der Waals surface area contributed by atoms with Crippen LogP contribution in [0.4, 0.5) is 5.82 Å². The van der Waals surface area contributed by atoms with E-state index < -0.39 is 0 Å². The fourth-order valence-corrected chi connectivity index (χ4v) is 2.71. The maximum atomic E-state index is 5.69. The number of imidazole rings is 1. The number of hydrogen-bond donors (Lipinski definition) is 1. The van der Waals surface area contributed by atoms with Gasteiger partial charge in [0.1, 0.15) is 11.8 Å². The lowest BCUT2D eigenvalue weighted by molar-refractivity contribution is 0.0978. The fraction of sp³-hybridized carbons (Fsp3) is 0.643. The highest BCUT2D eigenvalue weighted by molar-refractivity contribution is 5.82. The Morgan fingerprint density at radius 1 is 1.25 bits per heavy atom. The van der Waals surface area contributed by atoms with Gasteiger partial charge < -0.3 is 14.6 Å². The van der Waals surface area contributed by atoms with Crippen LogP contribution in [0.15, 0.2) is 12.7 Å². The summed E-state index contributed by atoms with van der Waals surface area (Å²) in [5.74, 6) is 1.67. The van der Waals surface area contributed by atoms with E-state index in [9.17, 15) is 0 Å². The first kappa shape index (κ1) is 12.1. The summed E-state index contributed by atoms with van der Waals surface area (Å²) in [6.07, 6.45) is 8.70. The zero-order chi connectivity index (χ0) is 13.4. The SMILES string of the molecule is c1nc(NCC2CC2)c2ncn(CC3CCCO3)c2n1. The molecule has 2 aromatic rings. The highest BCUT2D eigenvalue weighted by Gasteiger charge is 2.22. The van der Waals surface area contributed by atoms with Gasteiger partial charge in [0.05, 0.1) is 19.0 Å². The quantitative estimate of drug-likeness (QED) is 0.900. The van der Waals surface area contributed by atoms with Crippen LogP contribution in [0.2, 0.25) is 0 Å². The third-order valence-electron chi connectivity index (χ3n) is 4.08. The van der Waals surface area contributed by atoms with E-state index in [1.165, 1.54) is 12.8 Å².